The Balaban J connectivity index is 1.85. The Morgan fingerprint density at radius 1 is 1.03 bits per heavy atom. The molecule has 0 amide bonds. The molecule has 0 unspecified atom stereocenters. The van der Waals surface area contributed by atoms with Crippen molar-refractivity contribution < 1.29 is 17.6 Å². The fourth-order valence-electron chi connectivity index (χ4n) is 2.51. The van der Waals surface area contributed by atoms with Crippen LogP contribution in [0, 0.1) is 21.0 Å². The number of hydrogen-bond donors (Lipinski definition) is 3. The summed E-state index contributed by atoms with van der Waals surface area (Å²) in [5.74, 6) is -2.89. The van der Waals surface area contributed by atoms with Crippen molar-refractivity contribution in [3.05, 3.63) is 51.4 Å². The van der Waals surface area contributed by atoms with Crippen molar-refractivity contribution in [2.75, 3.05) is 23.7 Å². The van der Waals surface area contributed by atoms with Gasteiger partial charge in [-0.05, 0) is 52.9 Å². The van der Waals surface area contributed by atoms with Gasteiger partial charge in [-0.3, -0.25) is 0 Å². The molecule has 0 atom stereocenters. The Hall–Kier alpha value is -2.34. The van der Waals surface area contributed by atoms with Gasteiger partial charge in [0.05, 0.1) is 16.9 Å². The second-order valence-corrected chi connectivity index (χ2v) is 7.73. The van der Waals surface area contributed by atoms with E-state index < -0.39 is 17.5 Å². The topological polar surface area (TPSA) is 75.0 Å². The summed E-state index contributed by atoms with van der Waals surface area (Å²) in [5.41, 5.74) is -0.182. The minimum atomic E-state index is -1.17. The molecule has 0 aliphatic carbocycles. The predicted molar refractivity (Wildman–Crippen MR) is 114 cm³/mol. The summed E-state index contributed by atoms with van der Waals surface area (Å²) in [6.07, 6.45) is 0. The van der Waals surface area contributed by atoms with Gasteiger partial charge >= 0.3 is 6.01 Å². The fraction of sp³-hybridized carbons (Fsp3) is 0.263. The quantitative estimate of drug-likeness (QED) is 0.291. The smallest absolute Gasteiger partial charge is 0.315 e. The summed E-state index contributed by atoms with van der Waals surface area (Å²) >= 11 is 1.95. The van der Waals surface area contributed by atoms with Gasteiger partial charge in [0, 0.05) is 22.7 Å². The molecule has 0 fully saturated rings. The lowest BCUT2D eigenvalue weighted by Crippen LogP contribution is -2.28. The monoisotopic (exact) mass is 517 g/mol. The molecule has 10 heteroatoms. The van der Waals surface area contributed by atoms with Crippen molar-refractivity contribution in [3.8, 4) is 11.5 Å². The van der Waals surface area contributed by atoms with Crippen molar-refractivity contribution >= 4 is 40.0 Å². The average molecular weight is 517 g/mol. The molecule has 1 heterocycles. The van der Waals surface area contributed by atoms with Crippen LogP contribution in [0.15, 0.2) is 34.7 Å². The van der Waals surface area contributed by atoms with E-state index in [4.69, 9.17) is 4.42 Å². The molecule has 0 radical (unpaired) electrons. The minimum Gasteiger partial charge on any atom is -0.403 e. The zero-order chi connectivity index (χ0) is 21.0. The molecule has 154 valence electrons. The van der Waals surface area contributed by atoms with Gasteiger partial charge in [0.15, 0.2) is 11.6 Å². The van der Waals surface area contributed by atoms with Gasteiger partial charge < -0.3 is 20.4 Å². The number of benzene rings is 2. The lowest BCUT2D eigenvalue weighted by Gasteiger charge is -2.12. The first-order valence-corrected chi connectivity index (χ1v) is 9.94. The normalized spacial score (nSPS) is 11.1. The summed E-state index contributed by atoms with van der Waals surface area (Å²) in [7, 11) is 0. The number of anilines is 3. The summed E-state index contributed by atoms with van der Waals surface area (Å²) in [5, 5.41) is 16.5. The molecule has 29 heavy (non-hydrogen) atoms. The molecule has 2 aromatic carbocycles. The number of nitrogens with one attached hydrogen (secondary N) is 3. The molecule has 0 aliphatic rings. The summed E-state index contributed by atoms with van der Waals surface area (Å²) in [6, 6.07) is 7.08. The first-order valence-electron chi connectivity index (χ1n) is 8.86. The molecule has 0 spiro atoms. The molecular weight excluding hydrogens is 498 g/mol. The van der Waals surface area contributed by atoms with Crippen LogP contribution in [0.25, 0.3) is 11.5 Å². The zero-order valence-corrected chi connectivity index (χ0v) is 17.9. The third-order valence-corrected chi connectivity index (χ3v) is 4.57. The van der Waals surface area contributed by atoms with Crippen LogP contribution in [0.4, 0.5) is 30.6 Å². The maximum atomic E-state index is 14.5. The molecule has 3 rings (SSSR count). The first-order chi connectivity index (χ1) is 13.8. The number of nitrogens with zero attached hydrogens (tertiary/aromatic N) is 2. The Labute approximate surface area is 179 Å². The van der Waals surface area contributed by atoms with Gasteiger partial charge in [0.2, 0.25) is 0 Å². The van der Waals surface area contributed by atoms with Crippen LogP contribution in [0.2, 0.25) is 0 Å². The van der Waals surface area contributed by atoms with E-state index in [-0.39, 0.29) is 28.8 Å². The highest BCUT2D eigenvalue weighted by molar-refractivity contribution is 14.1. The van der Waals surface area contributed by atoms with Gasteiger partial charge in [0.1, 0.15) is 5.82 Å². The van der Waals surface area contributed by atoms with Crippen molar-refractivity contribution in [1.82, 2.24) is 15.5 Å². The Kier molecular flexibility index (Phi) is 6.96. The largest absolute Gasteiger partial charge is 0.403 e. The van der Waals surface area contributed by atoms with Crippen LogP contribution in [-0.2, 0) is 0 Å². The van der Waals surface area contributed by atoms with E-state index in [1.54, 1.807) is 6.07 Å². The van der Waals surface area contributed by atoms with Crippen molar-refractivity contribution in [3.63, 3.8) is 0 Å². The van der Waals surface area contributed by atoms with Crippen LogP contribution in [0.5, 0.6) is 0 Å². The van der Waals surface area contributed by atoms with E-state index in [1.807, 2.05) is 36.4 Å². The SMILES string of the molecule is CC(C)NCCNc1nnc(-c2ccc(F)c(F)c2Nc2ccc(I)cc2F)o1. The van der Waals surface area contributed by atoms with Crippen LogP contribution in [-0.4, -0.2) is 29.3 Å². The lowest BCUT2D eigenvalue weighted by molar-refractivity contribution is 0.510. The zero-order valence-electron chi connectivity index (χ0n) is 15.7. The Morgan fingerprint density at radius 2 is 1.83 bits per heavy atom. The molecule has 3 aromatic rings. The minimum absolute atomic E-state index is 0.00575. The predicted octanol–water partition coefficient (Wildman–Crippen LogP) is 4.91. The van der Waals surface area contributed by atoms with E-state index in [2.05, 4.69) is 26.1 Å². The summed E-state index contributed by atoms with van der Waals surface area (Å²) in [4.78, 5) is 0. The second-order valence-electron chi connectivity index (χ2n) is 6.48. The third-order valence-electron chi connectivity index (χ3n) is 3.89. The van der Waals surface area contributed by atoms with E-state index in [0.717, 1.165) is 6.07 Å². The summed E-state index contributed by atoms with van der Waals surface area (Å²) in [6.45, 7) is 5.27. The van der Waals surface area contributed by atoms with Gasteiger partial charge in [-0.25, -0.2) is 13.2 Å². The fourth-order valence-corrected chi connectivity index (χ4v) is 2.96. The number of hydrogen-bond acceptors (Lipinski definition) is 6. The van der Waals surface area contributed by atoms with Gasteiger partial charge in [-0.15, -0.1) is 5.10 Å². The molecular formula is C19H19F3IN5O. The van der Waals surface area contributed by atoms with Crippen LogP contribution in [0.1, 0.15) is 13.8 Å². The molecule has 0 saturated carbocycles. The highest BCUT2D eigenvalue weighted by atomic mass is 127. The first kappa shape index (κ1) is 21.4. The lowest BCUT2D eigenvalue weighted by atomic mass is 10.1. The van der Waals surface area contributed by atoms with Gasteiger partial charge in [0.25, 0.3) is 5.89 Å². The van der Waals surface area contributed by atoms with Crippen LogP contribution < -0.4 is 16.0 Å². The highest BCUT2D eigenvalue weighted by Crippen LogP contribution is 2.34. The van der Waals surface area contributed by atoms with E-state index in [9.17, 15) is 13.2 Å². The number of halogens is 4. The molecule has 1 aromatic heterocycles. The third kappa shape index (κ3) is 5.38. The van der Waals surface area contributed by atoms with Crippen molar-refractivity contribution in [2.24, 2.45) is 0 Å². The maximum absolute atomic E-state index is 14.5. The van der Waals surface area contributed by atoms with Gasteiger partial charge in [-0.1, -0.05) is 18.9 Å². The Morgan fingerprint density at radius 3 is 2.55 bits per heavy atom. The van der Waals surface area contributed by atoms with Gasteiger partial charge in [-0.2, -0.15) is 0 Å². The van der Waals surface area contributed by atoms with E-state index >= 15 is 0 Å². The standard InChI is InChI=1S/C19H19F3IN5O/c1-10(2)24-7-8-25-19-28-27-18(29-19)12-4-5-13(20)16(22)17(12)26-15-6-3-11(23)9-14(15)21/h3-6,9-10,24,26H,7-8H2,1-2H3,(H,25,28). The molecule has 3 N–H and O–H groups in total. The highest BCUT2D eigenvalue weighted by Gasteiger charge is 2.20. The molecule has 0 saturated heterocycles. The second kappa shape index (κ2) is 9.44. The van der Waals surface area contributed by atoms with E-state index in [0.29, 0.717) is 22.7 Å². The maximum Gasteiger partial charge on any atom is 0.315 e. The molecule has 6 nitrogen and oxygen atoms in total. The molecule has 0 aliphatic heterocycles. The molecule has 0 bridgehead atoms. The van der Waals surface area contributed by atoms with Crippen molar-refractivity contribution in [2.45, 2.75) is 19.9 Å². The average Bonchev–Trinajstić information content (AvgIpc) is 3.13. The van der Waals surface area contributed by atoms with Crippen LogP contribution >= 0.6 is 22.6 Å². The summed E-state index contributed by atoms with van der Waals surface area (Å²) < 4.78 is 48.7. The number of aromatic nitrogens is 2. The van der Waals surface area contributed by atoms with E-state index in [1.165, 1.54) is 18.2 Å². The van der Waals surface area contributed by atoms with Crippen molar-refractivity contribution in [1.29, 1.82) is 0 Å². The van der Waals surface area contributed by atoms with Crippen LogP contribution in [0.3, 0.4) is 0 Å². The Bertz CT molecular complexity index is 996. The number of rotatable bonds is 8.